The molecule has 7 nitrogen and oxygen atoms in total. The first-order chi connectivity index (χ1) is 10.8. The van der Waals surface area contributed by atoms with E-state index in [1.807, 2.05) is 0 Å². The summed E-state index contributed by atoms with van der Waals surface area (Å²) >= 11 is 11.2. The molecule has 1 aliphatic rings. The van der Waals surface area contributed by atoms with Gasteiger partial charge in [0.05, 0.1) is 8.95 Å². The Balaban J connectivity index is 2.32. The van der Waals surface area contributed by atoms with Gasteiger partial charge >= 0.3 is 5.97 Å². The minimum absolute atomic E-state index is 0.0445. The highest BCUT2D eigenvalue weighted by molar-refractivity contribution is 9.11. The largest absolute Gasteiger partial charge is 0.480 e. The van der Waals surface area contributed by atoms with Crippen LogP contribution in [0.1, 0.15) is 5.56 Å². The van der Waals surface area contributed by atoms with Gasteiger partial charge in [-0.15, -0.1) is 0 Å². The number of amides is 2. The lowest BCUT2D eigenvalue weighted by atomic mass is 10.1. The van der Waals surface area contributed by atoms with E-state index in [4.69, 9.17) is 22.1 Å². The average molecular weight is 464 g/mol. The van der Waals surface area contributed by atoms with Crippen molar-refractivity contribution in [3.05, 3.63) is 32.2 Å². The third-order valence-electron chi connectivity index (χ3n) is 2.61. The Morgan fingerprint density at radius 2 is 1.74 bits per heavy atom. The van der Waals surface area contributed by atoms with E-state index >= 15 is 0 Å². The van der Waals surface area contributed by atoms with Crippen LogP contribution in [0.25, 0.3) is 6.08 Å². The number of hydrogen-bond donors (Lipinski definition) is 3. The van der Waals surface area contributed by atoms with Crippen molar-refractivity contribution in [2.24, 2.45) is 0 Å². The highest BCUT2D eigenvalue weighted by Crippen LogP contribution is 2.35. The predicted octanol–water partition coefficient (Wildman–Crippen LogP) is 1.59. The molecule has 1 aromatic rings. The highest BCUT2D eigenvalue weighted by Gasteiger charge is 2.25. The number of halogens is 2. The fraction of sp³-hybridized carbons (Fsp3) is 0.0769. The van der Waals surface area contributed by atoms with Crippen LogP contribution in [0.4, 0.5) is 0 Å². The number of carboxylic acid groups (broad SMARTS) is 1. The Labute approximate surface area is 152 Å². The summed E-state index contributed by atoms with van der Waals surface area (Å²) in [4.78, 5) is 34.1. The lowest BCUT2D eigenvalue weighted by molar-refractivity contribution is -0.139. The summed E-state index contributed by atoms with van der Waals surface area (Å²) in [7, 11) is 0. The Bertz CT molecular complexity index is 718. The first-order valence-electron chi connectivity index (χ1n) is 6.00. The molecule has 2 amide bonds. The molecule has 0 saturated carbocycles. The Kier molecular flexibility index (Phi) is 5.50. The number of benzene rings is 1. The monoisotopic (exact) mass is 462 g/mol. The molecule has 1 heterocycles. The quantitative estimate of drug-likeness (QED) is 0.356. The summed E-state index contributed by atoms with van der Waals surface area (Å²) in [6.45, 7) is -0.500. The zero-order valence-corrected chi connectivity index (χ0v) is 15.2. The second kappa shape index (κ2) is 7.20. The number of carbonyl (C=O) groups is 3. The molecule has 0 aromatic heterocycles. The summed E-state index contributed by atoms with van der Waals surface area (Å²) in [5.74, 6) is -2.01. The maximum atomic E-state index is 11.8. The van der Waals surface area contributed by atoms with Gasteiger partial charge in [0.25, 0.3) is 11.8 Å². The number of carboxylic acids is 1. The number of ether oxygens (including phenoxy) is 1. The molecule has 1 aromatic carbocycles. The van der Waals surface area contributed by atoms with Crippen molar-refractivity contribution in [3.8, 4) is 5.75 Å². The highest BCUT2D eigenvalue weighted by atomic mass is 79.9. The summed E-state index contributed by atoms with van der Waals surface area (Å²) in [5, 5.41) is 13.3. The van der Waals surface area contributed by atoms with Crippen LogP contribution in [0, 0.1) is 0 Å². The zero-order valence-electron chi connectivity index (χ0n) is 11.2. The zero-order chi connectivity index (χ0) is 17.1. The third kappa shape index (κ3) is 4.36. The molecule has 0 spiro atoms. The molecular formula is C13H8Br2N2O5S. The SMILES string of the molecule is O=C(O)COc1c(Br)cc(C=C2C(=O)NC(=S)NC2=O)cc1Br. The van der Waals surface area contributed by atoms with Gasteiger partial charge in [0.2, 0.25) is 0 Å². The van der Waals surface area contributed by atoms with Crippen molar-refractivity contribution >= 4 is 73.0 Å². The van der Waals surface area contributed by atoms with Gasteiger partial charge in [-0.2, -0.15) is 0 Å². The first-order valence-corrected chi connectivity index (χ1v) is 7.99. The Morgan fingerprint density at radius 3 is 2.22 bits per heavy atom. The van der Waals surface area contributed by atoms with Crippen LogP contribution in [-0.2, 0) is 14.4 Å². The summed E-state index contributed by atoms with van der Waals surface area (Å²) in [5.41, 5.74) is 0.427. The minimum Gasteiger partial charge on any atom is -0.480 e. The Hall–Kier alpha value is -1.78. The minimum atomic E-state index is -1.11. The van der Waals surface area contributed by atoms with Crippen LogP contribution in [-0.4, -0.2) is 34.6 Å². The molecule has 0 unspecified atom stereocenters. The lowest BCUT2D eigenvalue weighted by Gasteiger charge is -2.16. The molecule has 120 valence electrons. The van der Waals surface area contributed by atoms with Gasteiger partial charge in [-0.25, -0.2) is 4.79 Å². The first kappa shape index (κ1) is 17.6. The topological polar surface area (TPSA) is 105 Å². The van der Waals surface area contributed by atoms with E-state index in [1.54, 1.807) is 12.1 Å². The van der Waals surface area contributed by atoms with Crippen molar-refractivity contribution in [3.63, 3.8) is 0 Å². The third-order valence-corrected chi connectivity index (χ3v) is 4.00. The van der Waals surface area contributed by atoms with Crippen molar-refractivity contribution in [2.45, 2.75) is 0 Å². The maximum absolute atomic E-state index is 11.8. The predicted molar refractivity (Wildman–Crippen MR) is 91.8 cm³/mol. The van der Waals surface area contributed by atoms with E-state index in [2.05, 4.69) is 42.5 Å². The van der Waals surface area contributed by atoms with Crippen molar-refractivity contribution in [1.82, 2.24) is 10.6 Å². The molecule has 0 radical (unpaired) electrons. The van der Waals surface area contributed by atoms with Crippen molar-refractivity contribution in [2.75, 3.05) is 6.61 Å². The standard InChI is InChI=1S/C13H8Br2N2O5S/c14-7-2-5(3-8(15)10(7)22-4-9(18)19)1-6-11(20)16-13(23)17-12(6)21/h1-3H,4H2,(H,18,19)(H2,16,17,20,21,23). The van der Waals surface area contributed by atoms with Crippen LogP contribution in [0.15, 0.2) is 26.7 Å². The summed E-state index contributed by atoms with van der Waals surface area (Å²) in [6.07, 6.45) is 1.38. The number of hydrogen-bond acceptors (Lipinski definition) is 5. The van der Waals surface area contributed by atoms with E-state index in [9.17, 15) is 14.4 Å². The van der Waals surface area contributed by atoms with Crippen molar-refractivity contribution < 1.29 is 24.2 Å². The van der Waals surface area contributed by atoms with Crippen LogP contribution >= 0.6 is 44.1 Å². The van der Waals surface area contributed by atoms with Crippen LogP contribution in [0.3, 0.4) is 0 Å². The van der Waals surface area contributed by atoms with Gasteiger partial charge in [0.1, 0.15) is 11.3 Å². The van der Waals surface area contributed by atoms with Crippen LogP contribution < -0.4 is 15.4 Å². The number of carbonyl (C=O) groups excluding carboxylic acids is 2. The van der Waals surface area contributed by atoms with Gasteiger partial charge in [0, 0.05) is 0 Å². The molecule has 1 saturated heterocycles. The van der Waals surface area contributed by atoms with Gasteiger partial charge in [0.15, 0.2) is 11.7 Å². The molecule has 0 aliphatic carbocycles. The van der Waals surface area contributed by atoms with Crippen LogP contribution in [0.2, 0.25) is 0 Å². The van der Waals surface area contributed by atoms with E-state index in [-0.39, 0.29) is 10.7 Å². The fourth-order valence-corrected chi connectivity index (χ4v) is 3.34. The molecule has 1 fully saturated rings. The second-order valence-corrected chi connectivity index (χ2v) is 6.41. The number of rotatable bonds is 4. The van der Waals surface area contributed by atoms with E-state index in [1.165, 1.54) is 6.08 Å². The second-order valence-electron chi connectivity index (χ2n) is 4.29. The molecule has 10 heteroatoms. The van der Waals surface area contributed by atoms with Gasteiger partial charge < -0.3 is 9.84 Å². The molecule has 0 bridgehead atoms. The Morgan fingerprint density at radius 1 is 1.22 bits per heavy atom. The molecule has 2 rings (SSSR count). The molecule has 3 N–H and O–H groups in total. The van der Waals surface area contributed by atoms with Gasteiger partial charge in [-0.3, -0.25) is 20.2 Å². The van der Waals surface area contributed by atoms with E-state index in [0.717, 1.165) is 0 Å². The normalized spacial score (nSPS) is 14.2. The average Bonchev–Trinajstić information content (AvgIpc) is 2.41. The molecule has 1 aliphatic heterocycles. The van der Waals surface area contributed by atoms with Crippen molar-refractivity contribution in [1.29, 1.82) is 0 Å². The van der Waals surface area contributed by atoms with Crippen LogP contribution in [0.5, 0.6) is 5.75 Å². The summed E-state index contributed by atoms with van der Waals surface area (Å²) < 4.78 is 6.07. The smallest absolute Gasteiger partial charge is 0.341 e. The molecule has 23 heavy (non-hydrogen) atoms. The van der Waals surface area contributed by atoms with E-state index in [0.29, 0.717) is 20.3 Å². The summed E-state index contributed by atoms with van der Waals surface area (Å²) in [6, 6.07) is 3.17. The number of aliphatic carboxylic acids is 1. The van der Waals surface area contributed by atoms with Gasteiger partial charge in [-0.1, -0.05) is 0 Å². The number of thiocarbonyl (C=S) groups is 1. The maximum Gasteiger partial charge on any atom is 0.341 e. The fourth-order valence-electron chi connectivity index (χ4n) is 1.71. The number of nitrogens with one attached hydrogen (secondary N) is 2. The molecular weight excluding hydrogens is 456 g/mol. The van der Waals surface area contributed by atoms with Gasteiger partial charge in [-0.05, 0) is 67.8 Å². The molecule has 0 atom stereocenters. The lowest BCUT2D eigenvalue weighted by Crippen LogP contribution is -2.51. The van der Waals surface area contributed by atoms with E-state index < -0.39 is 24.4 Å².